The molecular formula is C16H16ClF2N. The molecule has 0 aliphatic heterocycles. The molecule has 0 fully saturated rings. The summed E-state index contributed by atoms with van der Waals surface area (Å²) in [5.74, 6) is -1.13. The molecule has 0 aromatic heterocycles. The van der Waals surface area contributed by atoms with Crippen molar-refractivity contribution in [3.05, 3.63) is 69.7 Å². The fraction of sp³-hybridized carbons (Fsp3) is 0.250. The van der Waals surface area contributed by atoms with Crippen LogP contribution in [-0.2, 0) is 0 Å². The molecule has 0 heterocycles. The van der Waals surface area contributed by atoms with Crippen LogP contribution in [0.1, 0.15) is 29.7 Å². The third kappa shape index (κ3) is 3.17. The lowest BCUT2D eigenvalue weighted by atomic mass is 9.96. The molecule has 1 nitrogen and oxygen atoms in total. The Labute approximate surface area is 122 Å². The first-order chi connectivity index (χ1) is 9.52. The molecule has 2 rings (SSSR count). The number of hydrogen-bond donors (Lipinski definition) is 1. The molecule has 1 unspecified atom stereocenters. The van der Waals surface area contributed by atoms with Crippen molar-refractivity contribution in [2.75, 3.05) is 6.54 Å². The van der Waals surface area contributed by atoms with E-state index in [1.165, 1.54) is 12.1 Å². The molecule has 2 aromatic carbocycles. The quantitative estimate of drug-likeness (QED) is 0.867. The summed E-state index contributed by atoms with van der Waals surface area (Å²) in [6.07, 6.45) is 0. The Kier molecular flexibility index (Phi) is 4.73. The Morgan fingerprint density at radius 3 is 2.50 bits per heavy atom. The normalized spacial score (nSPS) is 12.4. The fourth-order valence-electron chi connectivity index (χ4n) is 2.19. The van der Waals surface area contributed by atoms with Crippen LogP contribution < -0.4 is 5.32 Å². The van der Waals surface area contributed by atoms with Gasteiger partial charge < -0.3 is 5.32 Å². The van der Waals surface area contributed by atoms with Gasteiger partial charge in [0.1, 0.15) is 11.6 Å². The van der Waals surface area contributed by atoms with Crippen molar-refractivity contribution in [2.45, 2.75) is 19.9 Å². The maximum atomic E-state index is 14.0. The third-order valence-electron chi connectivity index (χ3n) is 3.20. The van der Waals surface area contributed by atoms with E-state index in [1.54, 1.807) is 6.07 Å². The van der Waals surface area contributed by atoms with E-state index in [-0.39, 0.29) is 6.04 Å². The van der Waals surface area contributed by atoms with E-state index in [9.17, 15) is 8.78 Å². The van der Waals surface area contributed by atoms with Gasteiger partial charge in [-0.1, -0.05) is 36.7 Å². The lowest BCUT2D eigenvalue weighted by Gasteiger charge is -2.20. The predicted molar refractivity (Wildman–Crippen MR) is 78.1 cm³/mol. The summed E-state index contributed by atoms with van der Waals surface area (Å²) in [4.78, 5) is 0. The Morgan fingerprint density at radius 2 is 1.90 bits per heavy atom. The minimum absolute atomic E-state index is 0.323. The fourth-order valence-corrected chi connectivity index (χ4v) is 2.31. The molecule has 0 amide bonds. The first-order valence-corrected chi connectivity index (χ1v) is 6.85. The first-order valence-electron chi connectivity index (χ1n) is 6.47. The summed E-state index contributed by atoms with van der Waals surface area (Å²) in [6, 6.07) is 8.88. The molecule has 0 radical (unpaired) electrons. The summed E-state index contributed by atoms with van der Waals surface area (Å²) in [5.41, 5.74) is 2.25. The highest BCUT2D eigenvalue weighted by Gasteiger charge is 2.18. The van der Waals surface area contributed by atoms with Crippen molar-refractivity contribution in [3.63, 3.8) is 0 Å². The van der Waals surface area contributed by atoms with E-state index in [1.807, 2.05) is 26.0 Å². The monoisotopic (exact) mass is 295 g/mol. The minimum Gasteiger partial charge on any atom is -0.306 e. The van der Waals surface area contributed by atoms with Crippen molar-refractivity contribution >= 4 is 11.6 Å². The van der Waals surface area contributed by atoms with Gasteiger partial charge in [0.15, 0.2) is 0 Å². The van der Waals surface area contributed by atoms with Gasteiger partial charge in [0.25, 0.3) is 0 Å². The maximum absolute atomic E-state index is 14.0. The van der Waals surface area contributed by atoms with Gasteiger partial charge in [0.05, 0.1) is 6.04 Å². The average molecular weight is 296 g/mol. The van der Waals surface area contributed by atoms with Gasteiger partial charge in [-0.25, -0.2) is 8.78 Å². The summed E-state index contributed by atoms with van der Waals surface area (Å²) < 4.78 is 27.0. The zero-order valence-electron chi connectivity index (χ0n) is 11.4. The highest BCUT2D eigenvalue weighted by atomic mass is 35.5. The number of aryl methyl sites for hydroxylation is 1. The van der Waals surface area contributed by atoms with E-state index < -0.39 is 11.6 Å². The Morgan fingerprint density at radius 1 is 1.15 bits per heavy atom. The van der Waals surface area contributed by atoms with Crippen LogP contribution >= 0.6 is 11.6 Å². The molecule has 0 spiro atoms. The Hall–Kier alpha value is -1.45. The van der Waals surface area contributed by atoms with Crippen LogP contribution in [0.25, 0.3) is 0 Å². The van der Waals surface area contributed by atoms with Crippen LogP contribution in [-0.4, -0.2) is 6.54 Å². The maximum Gasteiger partial charge on any atom is 0.131 e. The second-order valence-corrected chi connectivity index (χ2v) is 5.07. The molecule has 2 aromatic rings. The average Bonchev–Trinajstić information content (AvgIpc) is 2.40. The number of halogens is 3. The van der Waals surface area contributed by atoms with Gasteiger partial charge >= 0.3 is 0 Å². The Bertz CT molecular complexity index is 613. The number of benzene rings is 2. The van der Waals surface area contributed by atoms with E-state index in [2.05, 4.69) is 5.32 Å². The second-order valence-electron chi connectivity index (χ2n) is 4.67. The van der Waals surface area contributed by atoms with Crippen molar-refractivity contribution in [2.24, 2.45) is 0 Å². The van der Waals surface area contributed by atoms with Crippen molar-refractivity contribution < 1.29 is 8.78 Å². The minimum atomic E-state index is -0.575. The van der Waals surface area contributed by atoms with Crippen LogP contribution in [0.15, 0.2) is 36.4 Å². The molecule has 106 valence electrons. The zero-order valence-corrected chi connectivity index (χ0v) is 12.1. The summed E-state index contributed by atoms with van der Waals surface area (Å²) in [6.45, 7) is 4.51. The largest absolute Gasteiger partial charge is 0.306 e. The molecule has 4 heteroatoms. The van der Waals surface area contributed by atoms with Crippen LogP contribution in [0.3, 0.4) is 0 Å². The predicted octanol–water partition coefficient (Wildman–Crippen LogP) is 4.63. The highest BCUT2D eigenvalue weighted by Crippen LogP contribution is 2.27. The van der Waals surface area contributed by atoms with Crippen LogP contribution in [0.2, 0.25) is 5.02 Å². The summed E-state index contributed by atoms with van der Waals surface area (Å²) in [5, 5.41) is 3.89. The molecular weight excluding hydrogens is 280 g/mol. The number of rotatable bonds is 4. The molecule has 0 aliphatic carbocycles. The molecule has 0 bridgehead atoms. The molecule has 1 atom stereocenters. The summed E-state index contributed by atoms with van der Waals surface area (Å²) >= 11 is 6.02. The van der Waals surface area contributed by atoms with Gasteiger partial charge in [-0.05, 0) is 36.7 Å². The van der Waals surface area contributed by atoms with Crippen LogP contribution in [0.5, 0.6) is 0 Å². The molecule has 0 aliphatic rings. The molecule has 20 heavy (non-hydrogen) atoms. The summed E-state index contributed by atoms with van der Waals surface area (Å²) in [7, 11) is 0. The van der Waals surface area contributed by atoms with E-state index in [0.717, 1.165) is 17.2 Å². The smallest absolute Gasteiger partial charge is 0.131 e. The number of nitrogens with one attached hydrogen (secondary N) is 1. The van der Waals surface area contributed by atoms with Crippen molar-refractivity contribution in [1.82, 2.24) is 5.32 Å². The third-order valence-corrected chi connectivity index (χ3v) is 3.62. The van der Waals surface area contributed by atoms with E-state index >= 15 is 0 Å². The van der Waals surface area contributed by atoms with E-state index in [4.69, 9.17) is 11.6 Å². The SMILES string of the molecule is CCNC(c1ccc(Cl)c(C)c1)c1ccc(F)cc1F. The highest BCUT2D eigenvalue weighted by molar-refractivity contribution is 6.31. The van der Waals surface area contributed by atoms with Crippen LogP contribution in [0.4, 0.5) is 8.78 Å². The molecule has 1 N–H and O–H groups in total. The van der Waals surface area contributed by atoms with Gasteiger partial charge in [0, 0.05) is 16.7 Å². The van der Waals surface area contributed by atoms with Crippen molar-refractivity contribution in [1.29, 1.82) is 0 Å². The molecule has 0 saturated carbocycles. The topological polar surface area (TPSA) is 12.0 Å². The second kappa shape index (κ2) is 6.33. The van der Waals surface area contributed by atoms with Gasteiger partial charge in [0.2, 0.25) is 0 Å². The van der Waals surface area contributed by atoms with E-state index in [0.29, 0.717) is 17.1 Å². The van der Waals surface area contributed by atoms with Gasteiger partial charge in [-0.15, -0.1) is 0 Å². The Balaban J connectivity index is 2.47. The lowest BCUT2D eigenvalue weighted by molar-refractivity contribution is 0.541. The van der Waals surface area contributed by atoms with Crippen molar-refractivity contribution in [3.8, 4) is 0 Å². The zero-order chi connectivity index (χ0) is 14.7. The molecule has 0 saturated heterocycles. The standard InChI is InChI=1S/C16H16ClF2N/c1-3-20-16(11-4-7-14(17)10(2)8-11)13-6-5-12(18)9-15(13)19/h4-9,16,20H,3H2,1-2H3. The number of hydrogen-bond acceptors (Lipinski definition) is 1. The van der Waals surface area contributed by atoms with Gasteiger partial charge in [-0.3, -0.25) is 0 Å². The first kappa shape index (κ1) is 14.9. The lowest BCUT2D eigenvalue weighted by Crippen LogP contribution is -2.23. The van der Waals surface area contributed by atoms with Gasteiger partial charge in [-0.2, -0.15) is 0 Å². The van der Waals surface area contributed by atoms with Crippen LogP contribution in [0, 0.1) is 18.6 Å².